The lowest BCUT2D eigenvalue weighted by Gasteiger charge is -2.02. The first-order valence-corrected chi connectivity index (χ1v) is 6.14. The molecule has 0 aliphatic heterocycles. The van der Waals surface area contributed by atoms with E-state index in [0.717, 1.165) is 16.6 Å². The smallest absolute Gasteiger partial charge is 0.217 e. The number of nitrogens with one attached hydrogen (secondary N) is 2. The monoisotopic (exact) mass is 280 g/mol. The van der Waals surface area contributed by atoms with Gasteiger partial charge < -0.3 is 10.7 Å². The molecule has 0 unspecified atom stereocenters. The molecule has 4 N–H and O–H groups in total. The highest BCUT2D eigenvalue weighted by Crippen LogP contribution is 2.25. The standard InChI is InChI=1S/C12H13ClN4O2/c13-8-4-7(2-1-3-10(14)19)11-9(5-8)16-12(17-11)15-6-18/h4-6H,1-3H2,(H2,14,19)(H2,15,16,17,18). The highest BCUT2D eigenvalue weighted by Gasteiger charge is 2.09. The summed E-state index contributed by atoms with van der Waals surface area (Å²) in [5, 5.41) is 3.03. The third-order valence-corrected chi connectivity index (χ3v) is 2.91. The van der Waals surface area contributed by atoms with Crippen LogP contribution < -0.4 is 11.1 Å². The molecule has 0 aliphatic rings. The minimum absolute atomic E-state index is 0.317. The van der Waals surface area contributed by atoms with Gasteiger partial charge in [0.15, 0.2) is 0 Å². The van der Waals surface area contributed by atoms with Gasteiger partial charge in [-0.05, 0) is 30.5 Å². The SMILES string of the molecule is NC(=O)CCCc1cc(Cl)cc2[nH]c(NC=O)nc12. The molecule has 7 heteroatoms. The molecular formula is C12H13ClN4O2. The molecule has 0 bridgehead atoms. The summed E-state index contributed by atoms with van der Waals surface area (Å²) in [6.07, 6.45) is 2.14. The van der Waals surface area contributed by atoms with Crippen LogP contribution in [-0.4, -0.2) is 22.3 Å². The Labute approximate surface area is 114 Å². The largest absolute Gasteiger partial charge is 0.370 e. The van der Waals surface area contributed by atoms with Crippen LogP contribution in [0.25, 0.3) is 11.0 Å². The number of aromatic nitrogens is 2. The minimum atomic E-state index is -0.330. The third-order valence-electron chi connectivity index (χ3n) is 2.70. The molecule has 1 aromatic heterocycles. The van der Waals surface area contributed by atoms with Crippen LogP contribution in [0.3, 0.4) is 0 Å². The zero-order valence-electron chi connectivity index (χ0n) is 10.1. The van der Waals surface area contributed by atoms with Crippen molar-refractivity contribution < 1.29 is 9.59 Å². The van der Waals surface area contributed by atoms with Gasteiger partial charge in [-0.25, -0.2) is 4.98 Å². The maximum atomic E-state index is 10.7. The molecule has 0 radical (unpaired) electrons. The highest BCUT2D eigenvalue weighted by atomic mass is 35.5. The summed E-state index contributed by atoms with van der Waals surface area (Å²) in [5.74, 6) is 0.0343. The van der Waals surface area contributed by atoms with Crippen molar-refractivity contribution in [3.8, 4) is 0 Å². The fourth-order valence-corrected chi connectivity index (χ4v) is 2.16. The third kappa shape index (κ3) is 3.23. The van der Waals surface area contributed by atoms with Gasteiger partial charge in [-0.3, -0.25) is 14.9 Å². The number of benzene rings is 1. The van der Waals surface area contributed by atoms with Crippen LogP contribution in [0.1, 0.15) is 18.4 Å². The second-order valence-electron chi connectivity index (χ2n) is 4.13. The molecule has 0 saturated carbocycles. The number of nitrogens with zero attached hydrogens (tertiary/aromatic N) is 1. The van der Waals surface area contributed by atoms with Gasteiger partial charge in [0.1, 0.15) is 0 Å². The predicted molar refractivity (Wildman–Crippen MR) is 72.9 cm³/mol. The van der Waals surface area contributed by atoms with Crippen LogP contribution in [0.2, 0.25) is 5.02 Å². The average molecular weight is 281 g/mol. The summed E-state index contributed by atoms with van der Waals surface area (Å²) in [6, 6.07) is 3.54. The molecule has 2 aromatic rings. The highest BCUT2D eigenvalue weighted by molar-refractivity contribution is 6.31. The van der Waals surface area contributed by atoms with Crippen molar-refractivity contribution in [2.75, 3.05) is 5.32 Å². The number of fused-ring (bicyclic) bond motifs is 1. The van der Waals surface area contributed by atoms with Crippen molar-refractivity contribution in [2.24, 2.45) is 5.73 Å². The zero-order chi connectivity index (χ0) is 13.8. The van der Waals surface area contributed by atoms with E-state index in [-0.39, 0.29) is 5.91 Å². The number of rotatable bonds is 6. The molecule has 1 aromatic carbocycles. The maximum absolute atomic E-state index is 10.7. The number of primary amides is 1. The lowest BCUT2D eigenvalue weighted by molar-refractivity contribution is -0.118. The van der Waals surface area contributed by atoms with E-state index in [1.807, 2.05) is 0 Å². The molecular weight excluding hydrogens is 268 g/mol. The molecule has 6 nitrogen and oxygen atoms in total. The van der Waals surface area contributed by atoms with E-state index >= 15 is 0 Å². The van der Waals surface area contributed by atoms with Crippen molar-refractivity contribution in [2.45, 2.75) is 19.3 Å². The second kappa shape index (κ2) is 5.71. The van der Waals surface area contributed by atoms with Crippen molar-refractivity contribution >= 4 is 40.9 Å². The second-order valence-corrected chi connectivity index (χ2v) is 4.56. The van der Waals surface area contributed by atoms with Gasteiger partial charge in [-0.2, -0.15) is 0 Å². The number of aromatic amines is 1. The zero-order valence-corrected chi connectivity index (χ0v) is 10.8. The minimum Gasteiger partial charge on any atom is -0.370 e. The molecule has 0 atom stereocenters. The molecule has 1 heterocycles. The molecule has 2 amide bonds. The van der Waals surface area contributed by atoms with Crippen LogP contribution in [-0.2, 0) is 16.0 Å². The van der Waals surface area contributed by atoms with Crippen LogP contribution >= 0.6 is 11.6 Å². The Bertz CT molecular complexity index is 623. The van der Waals surface area contributed by atoms with E-state index in [1.54, 1.807) is 12.1 Å². The van der Waals surface area contributed by atoms with Crippen LogP contribution in [0.15, 0.2) is 12.1 Å². The van der Waals surface area contributed by atoms with Crippen LogP contribution in [0, 0.1) is 0 Å². The van der Waals surface area contributed by atoms with E-state index in [4.69, 9.17) is 17.3 Å². The van der Waals surface area contributed by atoms with Gasteiger partial charge in [0.05, 0.1) is 11.0 Å². The predicted octanol–water partition coefficient (Wildman–Crippen LogP) is 1.59. The summed E-state index contributed by atoms with van der Waals surface area (Å²) >= 11 is 6.02. The fourth-order valence-electron chi connectivity index (χ4n) is 1.92. The Hall–Kier alpha value is -2.08. The van der Waals surface area contributed by atoms with Gasteiger partial charge >= 0.3 is 0 Å². The van der Waals surface area contributed by atoms with Crippen molar-refractivity contribution in [3.63, 3.8) is 0 Å². The number of carbonyl (C=O) groups excluding carboxylic acids is 2. The number of halogens is 1. The van der Waals surface area contributed by atoms with Gasteiger partial charge in [-0.15, -0.1) is 0 Å². The number of carbonyl (C=O) groups is 2. The summed E-state index contributed by atoms with van der Waals surface area (Å²) in [5.41, 5.74) is 7.50. The van der Waals surface area contributed by atoms with Crippen LogP contribution in [0.4, 0.5) is 5.95 Å². The number of anilines is 1. The Morgan fingerprint density at radius 3 is 3.00 bits per heavy atom. The quantitative estimate of drug-likeness (QED) is 0.700. The number of hydrogen-bond donors (Lipinski definition) is 3. The number of H-pyrrole nitrogens is 1. The topological polar surface area (TPSA) is 101 Å². The molecule has 100 valence electrons. The van der Waals surface area contributed by atoms with Crippen molar-refractivity contribution in [1.82, 2.24) is 9.97 Å². The summed E-state index contributed by atoms with van der Waals surface area (Å²) in [6.45, 7) is 0. The lowest BCUT2D eigenvalue weighted by atomic mass is 10.1. The molecule has 0 spiro atoms. The number of aryl methyl sites for hydroxylation is 1. The van der Waals surface area contributed by atoms with E-state index in [0.29, 0.717) is 36.6 Å². The van der Waals surface area contributed by atoms with E-state index in [2.05, 4.69) is 15.3 Å². The van der Waals surface area contributed by atoms with Crippen LogP contribution in [0.5, 0.6) is 0 Å². The number of amides is 2. The van der Waals surface area contributed by atoms with Gasteiger partial charge in [0.25, 0.3) is 0 Å². The first-order chi connectivity index (χ1) is 9.10. The van der Waals surface area contributed by atoms with E-state index < -0.39 is 0 Å². The summed E-state index contributed by atoms with van der Waals surface area (Å²) in [4.78, 5) is 28.4. The Morgan fingerprint density at radius 1 is 1.53 bits per heavy atom. The molecule has 0 aliphatic carbocycles. The Balaban J connectivity index is 2.30. The normalized spacial score (nSPS) is 10.6. The number of imidazole rings is 1. The molecule has 0 fully saturated rings. The maximum Gasteiger partial charge on any atom is 0.217 e. The first-order valence-electron chi connectivity index (χ1n) is 5.77. The van der Waals surface area contributed by atoms with Crippen molar-refractivity contribution in [1.29, 1.82) is 0 Å². The Morgan fingerprint density at radius 2 is 2.32 bits per heavy atom. The van der Waals surface area contributed by atoms with Crippen molar-refractivity contribution in [3.05, 3.63) is 22.7 Å². The summed E-state index contributed by atoms with van der Waals surface area (Å²) in [7, 11) is 0. The van der Waals surface area contributed by atoms with Gasteiger partial charge in [-0.1, -0.05) is 11.6 Å². The fraction of sp³-hybridized carbons (Fsp3) is 0.250. The van der Waals surface area contributed by atoms with E-state index in [1.165, 1.54) is 0 Å². The lowest BCUT2D eigenvalue weighted by Crippen LogP contribution is -2.10. The van der Waals surface area contributed by atoms with Gasteiger partial charge in [0.2, 0.25) is 18.3 Å². The Kier molecular flexibility index (Phi) is 4.01. The van der Waals surface area contributed by atoms with Gasteiger partial charge in [0, 0.05) is 11.4 Å². The summed E-state index contributed by atoms with van der Waals surface area (Å²) < 4.78 is 0. The number of hydrogen-bond acceptors (Lipinski definition) is 3. The molecule has 19 heavy (non-hydrogen) atoms. The molecule has 0 saturated heterocycles. The number of nitrogens with two attached hydrogens (primary N) is 1. The average Bonchev–Trinajstić information content (AvgIpc) is 2.71. The molecule has 2 rings (SSSR count). The van der Waals surface area contributed by atoms with E-state index in [9.17, 15) is 9.59 Å². The first kappa shape index (κ1) is 13.4.